The zero-order valence-corrected chi connectivity index (χ0v) is 12.7. The van der Waals surface area contributed by atoms with Gasteiger partial charge in [-0.2, -0.15) is 0 Å². The molecule has 22 heavy (non-hydrogen) atoms. The smallest absolute Gasteiger partial charge is 0.218 e. The number of aromatic hydroxyl groups is 1. The SMILES string of the molecule is [CH][N+](CC1=NCCN1)(c1ccc(C)cc1)c1cccc(O)c1. The van der Waals surface area contributed by atoms with Gasteiger partial charge in [-0.3, -0.25) is 4.99 Å². The summed E-state index contributed by atoms with van der Waals surface area (Å²) in [6.45, 7) is 4.20. The van der Waals surface area contributed by atoms with Crippen molar-refractivity contribution in [3.05, 3.63) is 61.1 Å². The molecule has 1 aliphatic heterocycles. The van der Waals surface area contributed by atoms with Gasteiger partial charge in [-0.15, -0.1) is 0 Å². The Morgan fingerprint density at radius 1 is 1.18 bits per heavy atom. The number of amidine groups is 1. The molecule has 2 aromatic rings. The maximum Gasteiger partial charge on any atom is 0.218 e. The highest BCUT2D eigenvalue weighted by atomic mass is 16.3. The van der Waals surface area contributed by atoms with Gasteiger partial charge in [0.2, 0.25) is 7.05 Å². The molecule has 0 amide bonds. The minimum Gasteiger partial charge on any atom is -0.508 e. The number of hydrogen-bond acceptors (Lipinski definition) is 3. The summed E-state index contributed by atoms with van der Waals surface area (Å²) in [5.41, 5.74) is 2.95. The van der Waals surface area contributed by atoms with Crippen LogP contribution in [0.3, 0.4) is 0 Å². The lowest BCUT2D eigenvalue weighted by Gasteiger charge is -2.32. The summed E-state index contributed by atoms with van der Waals surface area (Å²) in [5, 5.41) is 13.1. The average molecular weight is 294 g/mol. The maximum absolute atomic E-state index is 9.82. The Kier molecular flexibility index (Phi) is 3.86. The van der Waals surface area contributed by atoms with E-state index in [1.807, 2.05) is 43.3 Å². The van der Waals surface area contributed by atoms with E-state index in [4.69, 9.17) is 7.05 Å². The normalized spacial score (nSPS) is 16.7. The fourth-order valence-corrected chi connectivity index (χ4v) is 2.67. The van der Waals surface area contributed by atoms with Crippen LogP contribution in [0, 0.1) is 14.0 Å². The van der Waals surface area contributed by atoms with Gasteiger partial charge in [0.05, 0.1) is 6.54 Å². The van der Waals surface area contributed by atoms with Crippen LogP contribution in [0.4, 0.5) is 11.4 Å². The minimum atomic E-state index is 0.0700. The van der Waals surface area contributed by atoms with Crippen molar-refractivity contribution in [2.75, 3.05) is 19.6 Å². The number of phenols is 1. The summed E-state index contributed by atoms with van der Waals surface area (Å²) in [4.78, 5) is 4.46. The number of aliphatic imine (C=N–C) groups is 1. The fraction of sp³-hybridized carbons (Fsp3) is 0.222. The number of phenolic OH excluding ortho intramolecular Hbond substituents is 1. The molecule has 2 aromatic carbocycles. The number of hydrogen-bond donors (Lipinski definition) is 2. The Hall–Kier alpha value is -2.33. The summed E-state index contributed by atoms with van der Waals surface area (Å²) in [5.74, 6) is 1.10. The van der Waals surface area contributed by atoms with Crippen LogP contribution in [-0.2, 0) is 0 Å². The maximum atomic E-state index is 9.82. The summed E-state index contributed by atoms with van der Waals surface area (Å²) in [6, 6.07) is 15.2. The first kappa shape index (κ1) is 14.6. The molecule has 1 aliphatic rings. The molecule has 1 atom stereocenters. The molecular weight excluding hydrogens is 274 g/mol. The van der Waals surface area contributed by atoms with Crippen molar-refractivity contribution in [2.45, 2.75) is 6.92 Å². The first-order valence-corrected chi connectivity index (χ1v) is 7.38. The number of aryl methyl sites for hydroxylation is 1. The second kappa shape index (κ2) is 5.81. The number of rotatable bonds is 4. The lowest BCUT2D eigenvalue weighted by atomic mass is 10.1. The van der Waals surface area contributed by atoms with Crippen LogP contribution in [0.1, 0.15) is 5.56 Å². The van der Waals surface area contributed by atoms with E-state index >= 15 is 0 Å². The van der Waals surface area contributed by atoms with Gasteiger partial charge in [-0.25, -0.2) is 4.48 Å². The van der Waals surface area contributed by atoms with E-state index in [0.29, 0.717) is 6.54 Å². The largest absolute Gasteiger partial charge is 0.508 e. The van der Waals surface area contributed by atoms with Crippen molar-refractivity contribution < 1.29 is 5.11 Å². The number of nitrogens with one attached hydrogen (secondary N) is 1. The van der Waals surface area contributed by atoms with Crippen LogP contribution in [-0.4, -0.2) is 30.6 Å². The average Bonchev–Trinajstić information content (AvgIpc) is 3.00. The summed E-state index contributed by atoms with van der Waals surface area (Å²) in [7, 11) is 6.74. The van der Waals surface area contributed by atoms with E-state index in [-0.39, 0.29) is 10.2 Å². The summed E-state index contributed by atoms with van der Waals surface area (Å²) < 4.78 is 0.0700. The molecule has 1 heterocycles. The molecular formula is C18H20N3O+. The molecule has 2 radical (unpaired) electrons. The predicted molar refractivity (Wildman–Crippen MR) is 90.2 cm³/mol. The van der Waals surface area contributed by atoms with Gasteiger partial charge in [0.15, 0.2) is 5.84 Å². The van der Waals surface area contributed by atoms with E-state index in [1.54, 1.807) is 12.1 Å². The first-order chi connectivity index (χ1) is 10.6. The zero-order chi connectivity index (χ0) is 15.6. The third kappa shape index (κ3) is 2.83. The Morgan fingerprint density at radius 3 is 2.59 bits per heavy atom. The molecule has 4 nitrogen and oxygen atoms in total. The van der Waals surface area contributed by atoms with Crippen LogP contribution in [0.25, 0.3) is 0 Å². The second-order valence-corrected chi connectivity index (χ2v) is 5.64. The van der Waals surface area contributed by atoms with Crippen LogP contribution < -0.4 is 9.80 Å². The van der Waals surface area contributed by atoms with Gasteiger partial charge in [-0.1, -0.05) is 23.8 Å². The molecule has 2 N–H and O–H groups in total. The van der Waals surface area contributed by atoms with E-state index < -0.39 is 0 Å². The predicted octanol–water partition coefficient (Wildman–Crippen LogP) is 3.01. The fourth-order valence-electron chi connectivity index (χ4n) is 2.67. The van der Waals surface area contributed by atoms with Gasteiger partial charge in [0.1, 0.15) is 23.7 Å². The lowest BCUT2D eigenvalue weighted by Crippen LogP contribution is -2.45. The topological polar surface area (TPSA) is 44.6 Å². The number of quaternary nitrogens is 1. The molecule has 0 aromatic heterocycles. The van der Waals surface area contributed by atoms with E-state index in [1.165, 1.54) is 5.56 Å². The summed E-state index contributed by atoms with van der Waals surface area (Å²) >= 11 is 0. The zero-order valence-electron chi connectivity index (χ0n) is 12.7. The van der Waals surface area contributed by atoms with Crippen molar-refractivity contribution in [3.8, 4) is 5.75 Å². The Bertz CT molecular complexity index is 694. The molecule has 0 saturated carbocycles. The Balaban J connectivity index is 2.06. The highest BCUT2D eigenvalue weighted by molar-refractivity contribution is 5.88. The van der Waals surface area contributed by atoms with Crippen molar-refractivity contribution in [1.82, 2.24) is 9.80 Å². The molecule has 0 fully saturated rings. The van der Waals surface area contributed by atoms with Crippen molar-refractivity contribution in [3.63, 3.8) is 0 Å². The molecule has 1 unspecified atom stereocenters. The molecule has 4 heteroatoms. The minimum absolute atomic E-state index is 0.0700. The van der Waals surface area contributed by atoms with E-state index in [0.717, 1.165) is 30.3 Å². The quantitative estimate of drug-likeness (QED) is 0.851. The van der Waals surface area contributed by atoms with Gasteiger partial charge < -0.3 is 10.4 Å². The number of nitrogens with zero attached hydrogens (tertiary/aromatic N) is 2. The van der Waals surface area contributed by atoms with Crippen molar-refractivity contribution >= 4 is 17.2 Å². The lowest BCUT2D eigenvalue weighted by molar-refractivity contribution is 0.471. The number of benzene rings is 2. The molecule has 0 bridgehead atoms. The molecule has 0 saturated heterocycles. The third-order valence-corrected chi connectivity index (χ3v) is 3.93. The van der Waals surface area contributed by atoms with Crippen LogP contribution in [0.15, 0.2) is 53.5 Å². The molecule has 0 aliphatic carbocycles. The van der Waals surface area contributed by atoms with Crippen LogP contribution in [0.5, 0.6) is 5.75 Å². The van der Waals surface area contributed by atoms with Crippen molar-refractivity contribution in [2.24, 2.45) is 4.99 Å². The summed E-state index contributed by atoms with van der Waals surface area (Å²) in [6.07, 6.45) is 0. The molecule has 112 valence electrons. The molecule has 0 spiro atoms. The first-order valence-electron chi connectivity index (χ1n) is 7.38. The van der Waals surface area contributed by atoms with Crippen LogP contribution >= 0.6 is 0 Å². The molecule has 3 rings (SSSR count). The van der Waals surface area contributed by atoms with Gasteiger partial charge >= 0.3 is 0 Å². The highest BCUT2D eigenvalue weighted by Crippen LogP contribution is 2.35. The Morgan fingerprint density at radius 2 is 1.95 bits per heavy atom. The van der Waals surface area contributed by atoms with Gasteiger partial charge in [0, 0.05) is 12.6 Å². The Labute approximate surface area is 131 Å². The second-order valence-electron chi connectivity index (χ2n) is 5.64. The van der Waals surface area contributed by atoms with Crippen molar-refractivity contribution in [1.29, 1.82) is 0 Å². The standard InChI is InChI=1S/C18H20N3O/c1-14-6-8-15(9-7-14)21(2,13-18-19-10-11-20-18)16-4-3-5-17(22)12-16/h2-9,12,22H,10-11,13H2,1H3,(H,19,20)/q+1. The van der Waals surface area contributed by atoms with E-state index in [2.05, 4.69) is 10.3 Å². The van der Waals surface area contributed by atoms with Gasteiger partial charge in [-0.05, 0) is 31.2 Å². The third-order valence-electron chi connectivity index (χ3n) is 3.93. The van der Waals surface area contributed by atoms with E-state index in [9.17, 15) is 5.11 Å². The van der Waals surface area contributed by atoms with Gasteiger partial charge in [0.25, 0.3) is 0 Å². The monoisotopic (exact) mass is 294 g/mol. The highest BCUT2D eigenvalue weighted by Gasteiger charge is 2.32. The van der Waals surface area contributed by atoms with Crippen LogP contribution in [0.2, 0.25) is 0 Å².